The maximum Gasteiger partial charge on any atom is 0.244 e. The van der Waals surface area contributed by atoms with Crippen molar-refractivity contribution in [1.29, 1.82) is 0 Å². The van der Waals surface area contributed by atoms with Crippen molar-refractivity contribution in [2.75, 3.05) is 19.6 Å². The molecule has 1 saturated carbocycles. The van der Waals surface area contributed by atoms with Crippen molar-refractivity contribution >= 4 is 11.8 Å². The van der Waals surface area contributed by atoms with E-state index in [9.17, 15) is 9.59 Å². The third-order valence-corrected chi connectivity index (χ3v) is 4.78. The molecule has 9 nitrogen and oxygen atoms in total. The summed E-state index contributed by atoms with van der Waals surface area (Å²) in [6.07, 6.45) is 5.04. The molecule has 0 bridgehead atoms. The highest BCUT2D eigenvalue weighted by Gasteiger charge is 2.34. The summed E-state index contributed by atoms with van der Waals surface area (Å²) in [7, 11) is 0. The van der Waals surface area contributed by atoms with Gasteiger partial charge in [0.1, 0.15) is 6.04 Å². The third kappa shape index (κ3) is 4.36. The van der Waals surface area contributed by atoms with Gasteiger partial charge >= 0.3 is 0 Å². The first-order valence-electron chi connectivity index (χ1n) is 9.38. The van der Waals surface area contributed by atoms with Crippen molar-refractivity contribution in [3.05, 3.63) is 24.3 Å². The van der Waals surface area contributed by atoms with Gasteiger partial charge in [0.2, 0.25) is 23.5 Å². The van der Waals surface area contributed by atoms with E-state index in [1.807, 2.05) is 0 Å². The zero-order chi connectivity index (χ0) is 18.6. The highest BCUT2D eigenvalue weighted by molar-refractivity contribution is 5.88. The average molecular weight is 373 g/mol. The molecule has 1 saturated heterocycles. The lowest BCUT2D eigenvalue weighted by Crippen LogP contribution is -2.59. The Hall–Kier alpha value is -2.68. The molecule has 2 aromatic rings. The number of nitrogens with one attached hydrogen (secondary N) is 2. The Kier molecular flexibility index (Phi) is 5.19. The van der Waals surface area contributed by atoms with E-state index in [1.165, 1.54) is 0 Å². The summed E-state index contributed by atoms with van der Waals surface area (Å²) >= 11 is 0. The van der Waals surface area contributed by atoms with Crippen LogP contribution in [0.3, 0.4) is 0 Å². The summed E-state index contributed by atoms with van der Waals surface area (Å²) in [5.41, 5.74) is 0. The van der Waals surface area contributed by atoms with Crippen LogP contribution in [0.15, 0.2) is 27.3 Å². The molecule has 0 unspecified atom stereocenters. The van der Waals surface area contributed by atoms with Gasteiger partial charge in [0.25, 0.3) is 0 Å². The summed E-state index contributed by atoms with van der Waals surface area (Å²) in [6, 6.07) is 3.38. The van der Waals surface area contributed by atoms with Gasteiger partial charge in [-0.25, -0.2) is 0 Å². The van der Waals surface area contributed by atoms with Crippen molar-refractivity contribution in [2.45, 2.75) is 44.2 Å². The van der Waals surface area contributed by atoms with E-state index in [0.29, 0.717) is 56.4 Å². The SMILES string of the molecule is O=C(NC1CC1)[C@H]1CNCCN1C(=O)CCCc1nc(-c2ccco2)no1. The van der Waals surface area contributed by atoms with E-state index >= 15 is 0 Å². The molecular formula is C18H23N5O4. The average Bonchev–Trinajstić information content (AvgIpc) is 3.13. The fourth-order valence-corrected chi connectivity index (χ4v) is 3.16. The third-order valence-electron chi connectivity index (χ3n) is 4.78. The summed E-state index contributed by atoms with van der Waals surface area (Å²) in [4.78, 5) is 31.0. The first kappa shape index (κ1) is 17.7. The number of carbonyl (C=O) groups excluding carboxylic acids is 2. The highest BCUT2D eigenvalue weighted by atomic mass is 16.5. The molecule has 1 atom stereocenters. The van der Waals surface area contributed by atoms with Crippen LogP contribution in [0.4, 0.5) is 0 Å². The predicted molar refractivity (Wildman–Crippen MR) is 94.5 cm³/mol. The maximum absolute atomic E-state index is 12.6. The van der Waals surface area contributed by atoms with Crippen LogP contribution in [0.2, 0.25) is 0 Å². The maximum atomic E-state index is 12.6. The highest BCUT2D eigenvalue weighted by Crippen LogP contribution is 2.20. The first-order valence-corrected chi connectivity index (χ1v) is 9.38. The van der Waals surface area contributed by atoms with Gasteiger partial charge in [0.05, 0.1) is 6.26 Å². The number of nitrogens with zero attached hydrogens (tertiary/aromatic N) is 3. The zero-order valence-corrected chi connectivity index (χ0v) is 15.0. The van der Waals surface area contributed by atoms with E-state index in [0.717, 1.165) is 12.8 Å². The molecular weight excluding hydrogens is 350 g/mol. The van der Waals surface area contributed by atoms with Gasteiger partial charge in [-0.05, 0) is 31.4 Å². The molecule has 2 amide bonds. The van der Waals surface area contributed by atoms with Gasteiger partial charge in [-0.2, -0.15) is 4.98 Å². The molecule has 2 aromatic heterocycles. The standard InChI is InChI=1S/C18H23N5O4/c24-16(23-9-8-19-11-13(23)18(25)20-12-6-7-12)5-1-4-15-21-17(22-27-15)14-3-2-10-26-14/h2-3,10,12-13,19H,1,4-9,11H2,(H,20,25)/t13-/m1/s1. The Bertz CT molecular complexity index is 784. The largest absolute Gasteiger partial charge is 0.461 e. The van der Waals surface area contributed by atoms with Gasteiger partial charge in [0, 0.05) is 38.5 Å². The van der Waals surface area contributed by atoms with Crippen LogP contribution < -0.4 is 10.6 Å². The molecule has 27 heavy (non-hydrogen) atoms. The Morgan fingerprint density at radius 1 is 1.37 bits per heavy atom. The first-order chi connectivity index (χ1) is 13.2. The monoisotopic (exact) mass is 373 g/mol. The molecule has 4 rings (SSSR count). The molecule has 2 N–H and O–H groups in total. The van der Waals surface area contributed by atoms with Crippen LogP contribution in [0.1, 0.15) is 31.6 Å². The second kappa shape index (κ2) is 7.91. The molecule has 1 aliphatic carbocycles. The van der Waals surface area contributed by atoms with E-state index < -0.39 is 6.04 Å². The molecule has 2 fully saturated rings. The summed E-state index contributed by atoms with van der Waals surface area (Å²) in [5.74, 6) is 1.35. The fourth-order valence-electron chi connectivity index (χ4n) is 3.16. The smallest absolute Gasteiger partial charge is 0.244 e. The lowest BCUT2D eigenvalue weighted by Gasteiger charge is -2.35. The minimum Gasteiger partial charge on any atom is -0.461 e. The molecule has 9 heteroatoms. The number of aryl methyl sites for hydroxylation is 1. The Morgan fingerprint density at radius 3 is 3.04 bits per heavy atom. The minimum atomic E-state index is -0.430. The lowest BCUT2D eigenvalue weighted by atomic mass is 10.1. The number of amides is 2. The van der Waals surface area contributed by atoms with Crippen molar-refractivity contribution in [3.8, 4) is 11.6 Å². The van der Waals surface area contributed by atoms with Crippen LogP contribution in [0, 0.1) is 0 Å². The van der Waals surface area contributed by atoms with E-state index in [4.69, 9.17) is 8.94 Å². The van der Waals surface area contributed by atoms with E-state index in [2.05, 4.69) is 20.8 Å². The number of furan rings is 1. The second-order valence-corrected chi connectivity index (χ2v) is 6.93. The van der Waals surface area contributed by atoms with Gasteiger partial charge in [-0.1, -0.05) is 5.16 Å². The fraction of sp³-hybridized carbons (Fsp3) is 0.556. The molecule has 0 aromatic carbocycles. The number of hydrogen-bond donors (Lipinski definition) is 2. The minimum absolute atomic E-state index is 0.0155. The van der Waals surface area contributed by atoms with E-state index in [1.54, 1.807) is 23.3 Å². The van der Waals surface area contributed by atoms with Gasteiger partial charge in [-0.3, -0.25) is 9.59 Å². The topological polar surface area (TPSA) is 114 Å². The molecule has 1 aliphatic heterocycles. The molecule has 3 heterocycles. The van der Waals surface area contributed by atoms with Crippen LogP contribution in [-0.2, 0) is 16.0 Å². The van der Waals surface area contributed by atoms with Crippen LogP contribution >= 0.6 is 0 Å². The van der Waals surface area contributed by atoms with Crippen LogP contribution in [-0.4, -0.2) is 58.6 Å². The van der Waals surface area contributed by atoms with Crippen LogP contribution in [0.5, 0.6) is 0 Å². The second-order valence-electron chi connectivity index (χ2n) is 6.93. The Balaban J connectivity index is 1.28. The number of aromatic nitrogens is 2. The summed E-state index contributed by atoms with van der Waals surface area (Å²) in [6.45, 7) is 1.75. The molecule has 0 spiro atoms. The number of carbonyl (C=O) groups is 2. The van der Waals surface area contributed by atoms with Gasteiger partial charge < -0.3 is 24.5 Å². The van der Waals surface area contributed by atoms with Crippen molar-refractivity contribution in [2.24, 2.45) is 0 Å². The van der Waals surface area contributed by atoms with Crippen LogP contribution in [0.25, 0.3) is 11.6 Å². The quantitative estimate of drug-likeness (QED) is 0.735. The summed E-state index contributed by atoms with van der Waals surface area (Å²) in [5, 5.41) is 10.1. The number of piperazine rings is 1. The van der Waals surface area contributed by atoms with Crippen molar-refractivity contribution in [1.82, 2.24) is 25.7 Å². The molecule has 0 radical (unpaired) electrons. The Labute approximate surface area is 156 Å². The van der Waals surface area contributed by atoms with Crippen molar-refractivity contribution < 1.29 is 18.5 Å². The number of rotatable bonds is 7. The lowest BCUT2D eigenvalue weighted by molar-refractivity contribution is -0.141. The van der Waals surface area contributed by atoms with Gasteiger partial charge in [-0.15, -0.1) is 0 Å². The predicted octanol–water partition coefficient (Wildman–Crippen LogP) is 0.731. The van der Waals surface area contributed by atoms with Gasteiger partial charge in [0.15, 0.2) is 5.76 Å². The van der Waals surface area contributed by atoms with Crippen molar-refractivity contribution in [3.63, 3.8) is 0 Å². The number of hydrogen-bond acceptors (Lipinski definition) is 7. The van der Waals surface area contributed by atoms with E-state index in [-0.39, 0.29) is 17.9 Å². The normalized spacial score (nSPS) is 19.9. The molecule has 2 aliphatic rings. The summed E-state index contributed by atoms with van der Waals surface area (Å²) < 4.78 is 10.4. The molecule has 144 valence electrons. The Morgan fingerprint density at radius 2 is 2.26 bits per heavy atom. The zero-order valence-electron chi connectivity index (χ0n) is 15.0.